The molecule has 0 N–H and O–H groups in total. The van der Waals surface area contributed by atoms with Crippen LogP contribution in [0.25, 0.3) is 6.08 Å². The van der Waals surface area contributed by atoms with Gasteiger partial charge in [-0.2, -0.15) is 5.10 Å². The number of ether oxygens (including phenoxy) is 3. The van der Waals surface area contributed by atoms with Crippen LogP contribution < -0.4 is 14.2 Å². The fourth-order valence-electron chi connectivity index (χ4n) is 4.53. The van der Waals surface area contributed by atoms with Gasteiger partial charge in [-0.1, -0.05) is 66.7 Å². The van der Waals surface area contributed by atoms with Crippen LogP contribution in [0.3, 0.4) is 0 Å². The summed E-state index contributed by atoms with van der Waals surface area (Å²) >= 11 is 0. The lowest BCUT2D eigenvalue weighted by Gasteiger charge is -2.21. The number of para-hydroxylation sites is 1. The highest BCUT2D eigenvalue weighted by Crippen LogP contribution is 2.38. The van der Waals surface area contributed by atoms with Crippen LogP contribution in [0, 0.1) is 0 Å². The molecule has 1 atom stereocenters. The van der Waals surface area contributed by atoms with Crippen molar-refractivity contribution in [3.63, 3.8) is 0 Å². The lowest BCUT2D eigenvalue weighted by Crippen LogP contribution is -2.25. The number of amides is 1. The zero-order chi connectivity index (χ0) is 27.9. The van der Waals surface area contributed by atoms with Crippen molar-refractivity contribution in [2.75, 3.05) is 14.2 Å². The predicted molar refractivity (Wildman–Crippen MR) is 154 cm³/mol. The molecule has 0 bridgehead atoms. The maximum Gasteiger partial charge on any atom is 0.343 e. The van der Waals surface area contributed by atoms with Crippen LogP contribution in [-0.2, 0) is 4.79 Å². The molecular weight excluding hydrogens is 504 g/mol. The summed E-state index contributed by atoms with van der Waals surface area (Å²) in [5.74, 6) is 0.762. The number of esters is 1. The fourth-order valence-corrected chi connectivity index (χ4v) is 4.53. The average molecular weight is 533 g/mol. The molecular formula is C33H28N2O5. The molecule has 4 aromatic rings. The maximum absolute atomic E-state index is 13.5. The Bertz CT molecular complexity index is 1560. The van der Waals surface area contributed by atoms with E-state index in [1.54, 1.807) is 56.7 Å². The van der Waals surface area contributed by atoms with Gasteiger partial charge >= 0.3 is 5.97 Å². The minimum absolute atomic E-state index is 0.280. The number of benzene rings is 4. The van der Waals surface area contributed by atoms with Crippen molar-refractivity contribution in [1.29, 1.82) is 0 Å². The summed E-state index contributed by atoms with van der Waals surface area (Å²) in [6.07, 6.45) is 3.67. The smallest absolute Gasteiger partial charge is 0.343 e. The number of carbonyl (C=O) groups is 2. The second-order valence-electron chi connectivity index (χ2n) is 9.06. The third kappa shape index (κ3) is 5.78. The average Bonchev–Trinajstić information content (AvgIpc) is 3.46. The third-order valence-electron chi connectivity index (χ3n) is 6.56. The molecule has 1 aliphatic rings. The summed E-state index contributed by atoms with van der Waals surface area (Å²) in [5.41, 5.74) is 3.44. The molecule has 0 unspecified atom stereocenters. The van der Waals surface area contributed by atoms with Crippen LogP contribution in [0.5, 0.6) is 17.2 Å². The Kier molecular flexibility index (Phi) is 8.02. The van der Waals surface area contributed by atoms with Gasteiger partial charge in [0.25, 0.3) is 5.91 Å². The highest BCUT2D eigenvalue weighted by molar-refractivity contribution is 6.07. The molecule has 1 aliphatic heterocycles. The Morgan fingerprint density at radius 1 is 0.800 bits per heavy atom. The van der Waals surface area contributed by atoms with E-state index in [2.05, 4.69) is 0 Å². The summed E-state index contributed by atoms with van der Waals surface area (Å²) < 4.78 is 16.7. The molecule has 7 heteroatoms. The minimum Gasteiger partial charge on any atom is -0.493 e. The Morgan fingerprint density at radius 2 is 1.48 bits per heavy atom. The van der Waals surface area contributed by atoms with E-state index in [0.29, 0.717) is 40.5 Å². The second-order valence-corrected chi connectivity index (χ2v) is 9.06. The Labute approximate surface area is 232 Å². The SMILES string of the molecule is COc1ccc([C@H]2CC(c3ccccc3OC(=O)c3ccccc3)=NN2C(=O)/C=C/c2ccccc2)cc1OC. The molecule has 0 fully saturated rings. The third-order valence-corrected chi connectivity index (χ3v) is 6.56. The number of hydrogen-bond acceptors (Lipinski definition) is 6. The molecule has 0 saturated carbocycles. The van der Waals surface area contributed by atoms with E-state index >= 15 is 0 Å². The Morgan fingerprint density at radius 3 is 2.20 bits per heavy atom. The van der Waals surface area contributed by atoms with E-state index in [1.807, 2.05) is 66.7 Å². The number of methoxy groups -OCH3 is 2. The van der Waals surface area contributed by atoms with E-state index < -0.39 is 12.0 Å². The molecule has 1 heterocycles. The van der Waals surface area contributed by atoms with E-state index in [9.17, 15) is 9.59 Å². The fraction of sp³-hybridized carbons (Fsp3) is 0.121. The molecule has 7 nitrogen and oxygen atoms in total. The molecule has 200 valence electrons. The van der Waals surface area contributed by atoms with Crippen molar-refractivity contribution < 1.29 is 23.8 Å². The Hall–Kier alpha value is -5.17. The first-order chi connectivity index (χ1) is 19.6. The summed E-state index contributed by atoms with van der Waals surface area (Å²) in [5, 5.41) is 6.22. The van der Waals surface area contributed by atoms with Gasteiger partial charge < -0.3 is 14.2 Å². The normalized spacial score (nSPS) is 14.6. The first-order valence-corrected chi connectivity index (χ1v) is 12.8. The number of rotatable bonds is 8. The van der Waals surface area contributed by atoms with Gasteiger partial charge in [0, 0.05) is 18.1 Å². The molecule has 4 aromatic carbocycles. The molecule has 40 heavy (non-hydrogen) atoms. The first kappa shape index (κ1) is 26.4. The van der Waals surface area contributed by atoms with Crippen molar-refractivity contribution in [3.05, 3.63) is 131 Å². The van der Waals surface area contributed by atoms with Gasteiger partial charge in [0.05, 0.1) is 31.5 Å². The van der Waals surface area contributed by atoms with Crippen LogP contribution in [0.1, 0.15) is 39.5 Å². The van der Waals surface area contributed by atoms with E-state index in [1.165, 1.54) is 11.1 Å². The van der Waals surface area contributed by atoms with Crippen molar-refractivity contribution in [2.45, 2.75) is 12.5 Å². The molecule has 0 spiro atoms. The molecule has 0 aliphatic carbocycles. The van der Waals surface area contributed by atoms with Gasteiger partial charge in [-0.3, -0.25) is 4.79 Å². The highest BCUT2D eigenvalue weighted by atomic mass is 16.5. The van der Waals surface area contributed by atoms with Gasteiger partial charge in [-0.15, -0.1) is 0 Å². The maximum atomic E-state index is 13.5. The molecule has 5 rings (SSSR count). The van der Waals surface area contributed by atoms with Crippen LogP contribution in [0.4, 0.5) is 0 Å². The lowest BCUT2D eigenvalue weighted by molar-refractivity contribution is -0.127. The number of carbonyl (C=O) groups excluding carboxylic acids is 2. The van der Waals surface area contributed by atoms with E-state index in [0.717, 1.165) is 11.1 Å². The van der Waals surface area contributed by atoms with Gasteiger partial charge in [0.15, 0.2) is 11.5 Å². The second kappa shape index (κ2) is 12.1. The monoisotopic (exact) mass is 532 g/mol. The molecule has 0 aromatic heterocycles. The van der Waals surface area contributed by atoms with Crippen molar-refractivity contribution in [1.82, 2.24) is 5.01 Å². The van der Waals surface area contributed by atoms with Gasteiger partial charge in [0.1, 0.15) is 5.75 Å². The van der Waals surface area contributed by atoms with Crippen molar-refractivity contribution in [2.24, 2.45) is 5.10 Å². The highest BCUT2D eigenvalue weighted by Gasteiger charge is 2.34. The van der Waals surface area contributed by atoms with Gasteiger partial charge in [-0.05, 0) is 53.6 Å². The van der Waals surface area contributed by atoms with E-state index in [4.69, 9.17) is 19.3 Å². The standard InChI is InChI=1S/C33H28N2O5/c1-38-30-19-18-25(21-31(30)39-2)28-22-27(34-35(28)32(36)20-17-23-11-5-3-6-12-23)26-15-9-10-16-29(26)40-33(37)24-13-7-4-8-14-24/h3-21,28H,22H2,1-2H3/b20-17+/t28-/m1/s1. The molecule has 1 amide bonds. The number of hydrogen-bond donors (Lipinski definition) is 0. The zero-order valence-electron chi connectivity index (χ0n) is 22.2. The minimum atomic E-state index is -0.471. The topological polar surface area (TPSA) is 77.4 Å². The predicted octanol–water partition coefficient (Wildman–Crippen LogP) is 6.31. The number of hydrazone groups is 1. The molecule has 0 radical (unpaired) electrons. The first-order valence-electron chi connectivity index (χ1n) is 12.8. The summed E-state index contributed by atoms with van der Waals surface area (Å²) in [4.78, 5) is 26.3. The van der Waals surface area contributed by atoms with Crippen molar-refractivity contribution >= 4 is 23.7 Å². The van der Waals surface area contributed by atoms with Crippen LogP contribution in [0.2, 0.25) is 0 Å². The largest absolute Gasteiger partial charge is 0.493 e. The zero-order valence-corrected chi connectivity index (χ0v) is 22.2. The van der Waals surface area contributed by atoms with Crippen molar-refractivity contribution in [3.8, 4) is 17.2 Å². The summed E-state index contributed by atoms with van der Waals surface area (Å²) in [6, 6.07) is 30.7. The van der Waals surface area contributed by atoms with Gasteiger partial charge in [-0.25, -0.2) is 9.80 Å². The van der Waals surface area contributed by atoms with Crippen LogP contribution >= 0.6 is 0 Å². The summed E-state index contributed by atoms with van der Waals surface area (Å²) in [6.45, 7) is 0. The van der Waals surface area contributed by atoms with E-state index in [-0.39, 0.29) is 5.91 Å². The lowest BCUT2D eigenvalue weighted by atomic mass is 9.97. The molecule has 0 saturated heterocycles. The van der Waals surface area contributed by atoms with Crippen LogP contribution in [-0.4, -0.2) is 36.8 Å². The Balaban J connectivity index is 1.49. The van der Waals surface area contributed by atoms with Gasteiger partial charge in [0.2, 0.25) is 0 Å². The summed E-state index contributed by atoms with van der Waals surface area (Å²) in [7, 11) is 3.15. The number of nitrogens with zero attached hydrogens (tertiary/aromatic N) is 2. The quantitative estimate of drug-likeness (QED) is 0.151. The van der Waals surface area contributed by atoms with Crippen LogP contribution in [0.15, 0.2) is 114 Å².